The van der Waals surface area contributed by atoms with E-state index in [4.69, 9.17) is 4.98 Å². The number of pyridine rings is 1. The summed E-state index contributed by atoms with van der Waals surface area (Å²) in [5, 5.41) is 7.22. The number of amides is 1. The average molecular weight is 383 g/mol. The van der Waals surface area contributed by atoms with Gasteiger partial charge in [0.25, 0.3) is 0 Å². The van der Waals surface area contributed by atoms with Gasteiger partial charge in [-0.2, -0.15) is 0 Å². The molecule has 1 aliphatic carbocycles. The fraction of sp³-hybridized carbons (Fsp3) is 0.500. The summed E-state index contributed by atoms with van der Waals surface area (Å²) >= 11 is 0. The highest BCUT2D eigenvalue weighted by Gasteiger charge is 2.54. The first-order valence-corrected chi connectivity index (χ1v) is 9.99. The van der Waals surface area contributed by atoms with E-state index < -0.39 is 5.41 Å². The summed E-state index contributed by atoms with van der Waals surface area (Å²) in [5.41, 5.74) is 2.28. The Morgan fingerprint density at radius 1 is 1.29 bits per heavy atom. The fourth-order valence-corrected chi connectivity index (χ4v) is 3.67. The maximum atomic E-state index is 12.7. The molecular weight excluding hydrogens is 352 g/mol. The van der Waals surface area contributed by atoms with Crippen molar-refractivity contribution < 1.29 is 9.59 Å². The summed E-state index contributed by atoms with van der Waals surface area (Å²) in [7, 11) is 3.94. The van der Waals surface area contributed by atoms with Gasteiger partial charge in [-0.15, -0.1) is 0 Å². The molecule has 0 atom stereocenters. The van der Waals surface area contributed by atoms with Gasteiger partial charge in [-0.05, 0) is 38.4 Å². The number of ketones is 1. The van der Waals surface area contributed by atoms with Crippen LogP contribution in [-0.4, -0.2) is 43.9 Å². The number of nitrogens with zero attached hydrogens (tertiary/aromatic N) is 2. The van der Waals surface area contributed by atoms with Gasteiger partial charge in [0.1, 0.15) is 17.0 Å². The Morgan fingerprint density at radius 2 is 2.04 bits per heavy atom. The van der Waals surface area contributed by atoms with Gasteiger partial charge in [0, 0.05) is 44.1 Å². The number of carbonyl (C=O) groups is 2. The molecule has 1 heterocycles. The molecule has 1 aromatic heterocycles. The Kier molecular flexibility index (Phi) is 5.98. The summed E-state index contributed by atoms with van der Waals surface area (Å²) in [5.74, 6) is 0.764. The SMILES string of the molecule is CCC(=O)C1(C(=O)NCc2cc3cccc(C)c3nc2N(C)CCNC)CC1. The van der Waals surface area contributed by atoms with Gasteiger partial charge in [-0.1, -0.05) is 25.1 Å². The van der Waals surface area contributed by atoms with Crippen LogP contribution in [0, 0.1) is 12.3 Å². The molecule has 1 aliphatic rings. The number of hydrogen-bond acceptors (Lipinski definition) is 5. The second-order valence-corrected chi connectivity index (χ2v) is 7.68. The molecule has 1 amide bonds. The van der Waals surface area contributed by atoms with Crippen molar-refractivity contribution in [2.24, 2.45) is 5.41 Å². The lowest BCUT2D eigenvalue weighted by Gasteiger charge is -2.23. The van der Waals surface area contributed by atoms with E-state index in [0.717, 1.165) is 40.9 Å². The molecule has 0 unspecified atom stereocenters. The van der Waals surface area contributed by atoms with Crippen molar-refractivity contribution in [2.45, 2.75) is 39.7 Å². The number of para-hydroxylation sites is 1. The van der Waals surface area contributed by atoms with E-state index in [9.17, 15) is 9.59 Å². The largest absolute Gasteiger partial charge is 0.358 e. The van der Waals surface area contributed by atoms with Crippen molar-refractivity contribution in [3.05, 3.63) is 35.4 Å². The predicted molar refractivity (Wildman–Crippen MR) is 112 cm³/mol. The van der Waals surface area contributed by atoms with E-state index in [1.165, 1.54) is 0 Å². The standard InChI is InChI=1S/C22H30N4O2/c1-5-18(27)22(9-10-22)21(28)24-14-17-13-16-8-6-7-15(2)19(16)25-20(17)26(4)12-11-23-3/h6-8,13,23H,5,9-12,14H2,1-4H3,(H,24,28). The molecule has 2 N–H and O–H groups in total. The Hall–Kier alpha value is -2.47. The van der Waals surface area contributed by atoms with Crippen LogP contribution in [0.3, 0.4) is 0 Å². The Morgan fingerprint density at radius 3 is 2.68 bits per heavy atom. The Labute approximate surface area is 166 Å². The summed E-state index contributed by atoms with van der Waals surface area (Å²) in [4.78, 5) is 31.9. The van der Waals surface area contributed by atoms with Crippen LogP contribution in [0.1, 0.15) is 37.3 Å². The van der Waals surface area contributed by atoms with E-state index in [2.05, 4.69) is 34.6 Å². The molecule has 0 saturated heterocycles. The Bertz CT molecular complexity index is 889. The van der Waals surface area contributed by atoms with E-state index >= 15 is 0 Å². The molecule has 6 nitrogen and oxygen atoms in total. The minimum absolute atomic E-state index is 0.0450. The molecule has 28 heavy (non-hydrogen) atoms. The number of aromatic nitrogens is 1. The van der Waals surface area contributed by atoms with Gasteiger partial charge in [0.05, 0.1) is 5.52 Å². The summed E-state index contributed by atoms with van der Waals surface area (Å²) in [6.07, 6.45) is 1.73. The quantitative estimate of drug-likeness (QED) is 0.652. The lowest BCUT2D eigenvalue weighted by Crippen LogP contribution is -2.37. The first-order valence-electron chi connectivity index (χ1n) is 9.99. The third kappa shape index (κ3) is 3.87. The van der Waals surface area contributed by atoms with Crippen LogP contribution in [0.4, 0.5) is 5.82 Å². The van der Waals surface area contributed by atoms with Crippen molar-refractivity contribution in [3.63, 3.8) is 0 Å². The van der Waals surface area contributed by atoms with Gasteiger partial charge in [0.15, 0.2) is 0 Å². The summed E-state index contributed by atoms with van der Waals surface area (Å²) < 4.78 is 0. The van der Waals surface area contributed by atoms with Crippen LogP contribution in [0.5, 0.6) is 0 Å². The molecule has 1 fully saturated rings. The molecule has 2 aromatic rings. The number of carbonyl (C=O) groups excluding carboxylic acids is 2. The van der Waals surface area contributed by atoms with Crippen LogP contribution in [0.2, 0.25) is 0 Å². The van der Waals surface area contributed by atoms with Gasteiger partial charge in [-0.3, -0.25) is 9.59 Å². The number of Topliss-reactive ketones (excluding diaryl/α,β-unsaturated/α-hetero) is 1. The molecule has 0 aliphatic heterocycles. The molecule has 1 aromatic carbocycles. The summed E-state index contributed by atoms with van der Waals surface area (Å²) in [6.45, 7) is 5.89. The van der Waals surface area contributed by atoms with Crippen molar-refractivity contribution in [1.82, 2.24) is 15.6 Å². The highest BCUT2D eigenvalue weighted by atomic mass is 16.2. The lowest BCUT2D eigenvalue weighted by molar-refractivity contribution is -0.135. The second-order valence-electron chi connectivity index (χ2n) is 7.68. The van der Waals surface area contributed by atoms with E-state index in [1.54, 1.807) is 0 Å². The molecule has 0 bridgehead atoms. The number of aryl methyl sites for hydroxylation is 1. The number of rotatable bonds is 9. The maximum absolute atomic E-state index is 12.7. The van der Waals surface area contributed by atoms with E-state index in [1.807, 2.05) is 33.2 Å². The molecule has 3 rings (SSSR count). The third-order valence-corrected chi connectivity index (χ3v) is 5.64. The zero-order valence-corrected chi connectivity index (χ0v) is 17.3. The number of hydrogen-bond donors (Lipinski definition) is 2. The highest BCUT2D eigenvalue weighted by Crippen LogP contribution is 2.47. The zero-order chi connectivity index (χ0) is 20.3. The lowest BCUT2D eigenvalue weighted by atomic mass is 9.98. The molecule has 0 spiro atoms. The minimum Gasteiger partial charge on any atom is -0.358 e. The van der Waals surface area contributed by atoms with Crippen molar-refractivity contribution in [3.8, 4) is 0 Å². The number of benzene rings is 1. The van der Waals surface area contributed by atoms with Gasteiger partial charge in [-0.25, -0.2) is 4.98 Å². The van der Waals surface area contributed by atoms with Gasteiger partial charge < -0.3 is 15.5 Å². The predicted octanol–water partition coefficient (Wildman–Crippen LogP) is 2.57. The average Bonchev–Trinajstić information content (AvgIpc) is 3.51. The van der Waals surface area contributed by atoms with Crippen LogP contribution < -0.4 is 15.5 Å². The zero-order valence-electron chi connectivity index (χ0n) is 17.3. The normalized spacial score (nSPS) is 14.7. The highest BCUT2D eigenvalue weighted by molar-refractivity contribution is 6.08. The smallest absolute Gasteiger partial charge is 0.233 e. The van der Waals surface area contributed by atoms with Crippen LogP contribution in [-0.2, 0) is 16.1 Å². The molecular formula is C22H30N4O2. The minimum atomic E-state index is -0.784. The van der Waals surface area contributed by atoms with E-state index in [-0.39, 0.29) is 11.7 Å². The first-order chi connectivity index (χ1) is 13.4. The van der Waals surface area contributed by atoms with Gasteiger partial charge in [0.2, 0.25) is 5.91 Å². The van der Waals surface area contributed by atoms with Gasteiger partial charge >= 0.3 is 0 Å². The molecule has 0 radical (unpaired) electrons. The monoisotopic (exact) mass is 382 g/mol. The molecule has 1 saturated carbocycles. The van der Waals surface area contributed by atoms with Crippen LogP contribution >= 0.6 is 0 Å². The van der Waals surface area contributed by atoms with Crippen LogP contribution in [0.15, 0.2) is 24.3 Å². The van der Waals surface area contributed by atoms with Crippen molar-refractivity contribution in [1.29, 1.82) is 0 Å². The van der Waals surface area contributed by atoms with Crippen LogP contribution in [0.25, 0.3) is 10.9 Å². The third-order valence-electron chi connectivity index (χ3n) is 5.64. The number of fused-ring (bicyclic) bond motifs is 1. The molecule has 6 heteroatoms. The summed E-state index contributed by atoms with van der Waals surface area (Å²) in [6, 6.07) is 8.22. The number of nitrogens with one attached hydrogen (secondary N) is 2. The second kappa shape index (κ2) is 8.27. The number of likely N-dealkylation sites (N-methyl/N-ethyl adjacent to an activating group) is 2. The molecule has 150 valence electrons. The van der Waals surface area contributed by atoms with Crippen molar-refractivity contribution in [2.75, 3.05) is 32.1 Å². The maximum Gasteiger partial charge on any atom is 0.233 e. The Balaban J connectivity index is 1.88. The number of anilines is 1. The fourth-order valence-electron chi connectivity index (χ4n) is 3.67. The van der Waals surface area contributed by atoms with E-state index in [0.29, 0.717) is 25.8 Å². The van der Waals surface area contributed by atoms with Crippen molar-refractivity contribution >= 4 is 28.4 Å². The first kappa shape index (κ1) is 20.3. The topological polar surface area (TPSA) is 74.3 Å².